The molecular formula is C2H12NP4+. The smallest absolute Gasteiger partial charge is 0.0884 e. The largest absolute Gasteiger partial charge is 0.282 e. The van der Waals surface area contributed by atoms with Crippen molar-refractivity contribution in [2.45, 2.75) is 0 Å². The fourth-order valence-corrected chi connectivity index (χ4v) is 1.01. The topological polar surface area (TPSA) is 0 Å². The van der Waals surface area contributed by atoms with Crippen LogP contribution in [0.1, 0.15) is 0 Å². The predicted octanol–water partition coefficient (Wildman–Crippen LogP) is 1.83. The van der Waals surface area contributed by atoms with Gasteiger partial charge in [0.1, 0.15) is 0 Å². The van der Waals surface area contributed by atoms with Crippen LogP contribution >= 0.6 is 36.2 Å². The molecule has 1 nitrogen and oxygen atoms in total. The van der Waals surface area contributed by atoms with Gasteiger partial charge in [-0.3, -0.25) is 3.57 Å². The van der Waals surface area contributed by atoms with E-state index in [2.05, 4.69) is 32.1 Å². The van der Waals surface area contributed by atoms with Crippen LogP contribution in [0.5, 0.6) is 0 Å². The molecule has 0 aliphatic heterocycles. The number of hydrogen-bond donors (Lipinski definition) is 0. The van der Waals surface area contributed by atoms with Gasteiger partial charge in [-0.2, -0.15) is 0 Å². The molecule has 0 rings (SSSR count). The molecule has 0 aromatic carbocycles. The Bertz CT molecular complexity index is 47.7. The minimum Gasteiger partial charge on any atom is -0.282 e. The van der Waals surface area contributed by atoms with Crippen LogP contribution in [0.3, 0.4) is 0 Å². The van der Waals surface area contributed by atoms with Crippen molar-refractivity contribution in [1.82, 2.24) is 0 Å². The first-order valence-corrected chi connectivity index (χ1v) is 5.89. The molecule has 44 valence electrons. The van der Waals surface area contributed by atoms with Crippen molar-refractivity contribution in [2.75, 3.05) is 13.3 Å². The lowest BCUT2D eigenvalue weighted by atomic mass is 12.0. The van der Waals surface area contributed by atoms with Gasteiger partial charge in [-0.25, -0.2) is 0 Å². The van der Waals surface area contributed by atoms with Gasteiger partial charge in [-0.15, -0.1) is 0 Å². The average molecular weight is 174 g/mol. The van der Waals surface area contributed by atoms with Gasteiger partial charge < -0.3 is 0 Å². The van der Waals surface area contributed by atoms with Crippen LogP contribution in [0.15, 0.2) is 0 Å². The highest BCUT2D eigenvalue weighted by Gasteiger charge is 2.07. The highest BCUT2D eigenvalue weighted by Crippen LogP contribution is 2.49. The second-order valence-corrected chi connectivity index (χ2v) is 8.34. The minimum absolute atomic E-state index is 0.960. The average Bonchev–Trinajstić information content (AvgIpc) is 1.68. The highest BCUT2D eigenvalue weighted by atomic mass is 31.2. The van der Waals surface area contributed by atoms with E-state index in [4.69, 9.17) is 0 Å². The predicted molar refractivity (Wildman–Crippen MR) is 48.2 cm³/mol. The zero-order valence-electron chi connectivity index (χ0n) is 4.60. The number of quaternary nitrogens is 1. The van der Waals surface area contributed by atoms with Crippen molar-refractivity contribution in [3.8, 4) is 0 Å². The third kappa shape index (κ3) is 4.20. The molecule has 0 fully saturated rings. The first kappa shape index (κ1) is 8.68. The lowest BCUT2D eigenvalue weighted by Gasteiger charge is -2.22. The lowest BCUT2D eigenvalue weighted by Crippen LogP contribution is -1.95. The Balaban J connectivity index is 3.36. The summed E-state index contributed by atoms with van der Waals surface area (Å²) in [6.45, 7) is 4.41. The SMILES string of the molecule is CP[N+](P)(P)PC. The number of hydrogen-bond acceptors (Lipinski definition) is 0. The monoisotopic (exact) mass is 174 g/mol. The maximum Gasteiger partial charge on any atom is 0.0884 e. The van der Waals surface area contributed by atoms with Crippen LogP contribution in [0.4, 0.5) is 0 Å². The molecule has 5 heteroatoms. The van der Waals surface area contributed by atoms with E-state index in [1.807, 2.05) is 0 Å². The van der Waals surface area contributed by atoms with E-state index in [0.29, 0.717) is 0 Å². The zero-order valence-corrected chi connectivity index (χ0v) is 8.91. The van der Waals surface area contributed by atoms with E-state index in [9.17, 15) is 0 Å². The van der Waals surface area contributed by atoms with Gasteiger partial charge >= 0.3 is 0 Å². The molecule has 0 N–H and O–H groups in total. The standard InChI is InChI=1S/C2H12NP4/c1-6-3(4,5)7-2/h6-7H,4-5H2,1-2H3/q+1. The third-order valence-corrected chi connectivity index (χ3v) is 6.66. The molecule has 0 aromatic heterocycles. The molecule has 0 aliphatic carbocycles. The van der Waals surface area contributed by atoms with E-state index in [1.165, 1.54) is 0 Å². The molecule has 7 heavy (non-hydrogen) atoms. The highest BCUT2D eigenvalue weighted by molar-refractivity contribution is 7.59. The van der Waals surface area contributed by atoms with Gasteiger partial charge in [0.2, 0.25) is 0 Å². The second-order valence-electron chi connectivity index (χ2n) is 1.22. The second kappa shape index (κ2) is 3.66. The first-order valence-electron chi connectivity index (χ1n) is 1.96. The summed E-state index contributed by atoms with van der Waals surface area (Å²) in [5.41, 5.74) is 0. The molecule has 0 radical (unpaired) electrons. The van der Waals surface area contributed by atoms with Crippen LogP contribution in [-0.4, -0.2) is 16.9 Å². The molecule has 0 saturated carbocycles. The fourth-order valence-electron chi connectivity index (χ4n) is 0.112. The summed E-state index contributed by atoms with van der Waals surface area (Å²) in [6, 6.07) is 0. The maximum absolute atomic E-state index is 2.79. The van der Waals surface area contributed by atoms with Crippen LogP contribution in [0.25, 0.3) is 0 Å². The van der Waals surface area contributed by atoms with Crippen molar-refractivity contribution in [2.24, 2.45) is 0 Å². The van der Waals surface area contributed by atoms with Crippen molar-refractivity contribution in [1.29, 1.82) is 0 Å². The molecular weight excluding hydrogens is 162 g/mol. The van der Waals surface area contributed by atoms with Crippen LogP contribution in [0, 0.1) is 0 Å². The maximum atomic E-state index is 2.79. The summed E-state index contributed by atoms with van der Waals surface area (Å²) >= 11 is 0. The summed E-state index contributed by atoms with van der Waals surface area (Å²) in [7, 11) is 7.51. The summed E-state index contributed by atoms with van der Waals surface area (Å²) < 4.78 is 1.03. The quantitative estimate of drug-likeness (QED) is 0.560. The van der Waals surface area contributed by atoms with E-state index in [0.717, 1.165) is 21.0 Å². The Morgan fingerprint density at radius 1 is 1.14 bits per heavy atom. The summed E-state index contributed by atoms with van der Waals surface area (Å²) in [4.78, 5) is 0. The zero-order chi connectivity index (χ0) is 5.91. The van der Waals surface area contributed by atoms with Gasteiger partial charge in [-0.05, 0) is 0 Å². The first-order chi connectivity index (χ1) is 3.12. The third-order valence-electron chi connectivity index (χ3n) is 0.740. The van der Waals surface area contributed by atoms with Crippen LogP contribution in [0.2, 0.25) is 0 Å². The Hall–Kier alpha value is 1.68. The van der Waals surface area contributed by atoms with E-state index in [1.54, 1.807) is 0 Å². The van der Waals surface area contributed by atoms with E-state index >= 15 is 0 Å². The molecule has 4 unspecified atom stereocenters. The van der Waals surface area contributed by atoms with Crippen LogP contribution < -0.4 is 0 Å². The van der Waals surface area contributed by atoms with Crippen molar-refractivity contribution >= 4 is 36.2 Å². The van der Waals surface area contributed by atoms with Gasteiger partial charge in [0.25, 0.3) is 0 Å². The van der Waals surface area contributed by atoms with Gasteiger partial charge in [-0.1, -0.05) is 0 Å². The van der Waals surface area contributed by atoms with Crippen LogP contribution in [-0.2, 0) is 0 Å². The molecule has 0 bridgehead atoms. The molecule has 0 aliphatic rings. The minimum atomic E-state index is 0.960. The van der Waals surface area contributed by atoms with E-state index in [-0.39, 0.29) is 0 Å². The number of nitrogens with zero attached hydrogens (tertiary/aromatic N) is 1. The van der Waals surface area contributed by atoms with Crippen molar-refractivity contribution < 1.29 is 3.57 Å². The normalized spacial score (nSPS) is 15.4. The molecule has 0 heterocycles. The number of rotatable bonds is 2. The summed E-state index contributed by atoms with van der Waals surface area (Å²) in [5, 5.41) is 0. The van der Waals surface area contributed by atoms with Gasteiger partial charge in [0.05, 0.1) is 36.2 Å². The molecule has 0 spiro atoms. The van der Waals surface area contributed by atoms with Crippen molar-refractivity contribution in [3.05, 3.63) is 0 Å². The van der Waals surface area contributed by atoms with E-state index < -0.39 is 0 Å². The summed E-state index contributed by atoms with van der Waals surface area (Å²) in [6.07, 6.45) is 0. The van der Waals surface area contributed by atoms with Crippen molar-refractivity contribution in [3.63, 3.8) is 0 Å². The summed E-state index contributed by atoms with van der Waals surface area (Å²) in [5.74, 6) is 0. The Labute approximate surface area is 53.8 Å². The lowest BCUT2D eigenvalue weighted by molar-refractivity contribution is -0.306. The molecule has 4 atom stereocenters. The van der Waals surface area contributed by atoms with Gasteiger partial charge in [0.15, 0.2) is 0 Å². The Morgan fingerprint density at radius 3 is 1.43 bits per heavy atom. The Kier molecular flexibility index (Phi) is 4.54. The molecule has 0 amide bonds. The Morgan fingerprint density at radius 2 is 1.43 bits per heavy atom. The van der Waals surface area contributed by atoms with Gasteiger partial charge in [0, 0.05) is 13.3 Å². The molecule has 0 saturated heterocycles. The fraction of sp³-hybridized carbons (Fsp3) is 1.00. The molecule has 0 aromatic rings.